The molecular weight excluding hydrogens is 576 g/mol. The molecule has 12 nitrogen and oxygen atoms in total. The molecule has 0 aliphatic heterocycles. The molecule has 6 heterocycles. The maximum absolute atomic E-state index is 4.02. The fourth-order valence-electron chi connectivity index (χ4n) is 2.71. The van der Waals surface area contributed by atoms with Gasteiger partial charge in [0.15, 0.2) is 0 Å². The summed E-state index contributed by atoms with van der Waals surface area (Å²) in [5, 5.41) is 7.66. The van der Waals surface area contributed by atoms with E-state index in [1.54, 1.807) is 49.7 Å². The van der Waals surface area contributed by atoms with E-state index in [-0.39, 0.29) is 0 Å². The van der Waals surface area contributed by atoms with Crippen LogP contribution in [0.25, 0.3) is 0 Å². The van der Waals surface area contributed by atoms with Crippen LogP contribution in [0.2, 0.25) is 0 Å². The molecule has 0 fully saturated rings. The zero-order valence-corrected chi connectivity index (χ0v) is 28.4. The highest BCUT2D eigenvalue weighted by atomic mass is 15.1. The Morgan fingerprint density at radius 2 is 0.826 bits per heavy atom. The molecule has 240 valence electrons. The van der Waals surface area contributed by atoms with Crippen molar-refractivity contribution in [2.45, 2.75) is 69.2 Å². The van der Waals surface area contributed by atoms with Crippen molar-refractivity contribution in [3.63, 3.8) is 0 Å². The first-order chi connectivity index (χ1) is 21.9. The molecule has 6 aromatic rings. The van der Waals surface area contributed by atoms with Crippen LogP contribution in [0.1, 0.15) is 56.8 Å². The molecule has 0 saturated carbocycles. The standard InChI is InChI=1S/4C6H8N2.2C5H6N2/c1-5-3-8-6(2)4-7-5;1-5-3-6(2)8-4-7-5;1-5-3-7-6(2)8-4-5;1-5-3-4-6(2)8-7-5;1-5-2-6-4-7-3-5;1-5-4-6-2-3-7-5/h4*3-4H,1-2H3;2*2-4H,1H3. The van der Waals surface area contributed by atoms with E-state index in [0.29, 0.717) is 0 Å². The number of aromatic nitrogens is 12. The van der Waals surface area contributed by atoms with Gasteiger partial charge in [0, 0.05) is 67.2 Å². The molecule has 0 atom stereocenters. The van der Waals surface area contributed by atoms with E-state index in [1.807, 2.05) is 99.8 Å². The van der Waals surface area contributed by atoms with Crippen molar-refractivity contribution in [1.29, 1.82) is 0 Å². The van der Waals surface area contributed by atoms with E-state index in [0.717, 1.165) is 56.8 Å². The van der Waals surface area contributed by atoms with Gasteiger partial charge in [0.2, 0.25) is 0 Å². The fraction of sp³-hybridized carbons (Fsp3) is 0.294. The fourth-order valence-corrected chi connectivity index (χ4v) is 2.71. The summed E-state index contributed by atoms with van der Waals surface area (Å²) < 4.78 is 0. The third kappa shape index (κ3) is 21.2. The lowest BCUT2D eigenvalue weighted by Crippen LogP contribution is -1.86. The minimum atomic E-state index is 0.829. The Labute approximate surface area is 272 Å². The molecule has 0 bridgehead atoms. The summed E-state index contributed by atoms with van der Waals surface area (Å²) in [5.74, 6) is 0.829. The molecule has 0 N–H and O–H groups in total. The predicted octanol–water partition coefficient (Wildman–Crippen LogP) is 5.94. The first-order valence-electron chi connectivity index (χ1n) is 14.4. The molecule has 0 aliphatic rings. The normalized spacial score (nSPS) is 9.09. The number of hydrogen-bond donors (Lipinski definition) is 0. The van der Waals surface area contributed by atoms with Crippen molar-refractivity contribution in [2.24, 2.45) is 0 Å². The maximum Gasteiger partial charge on any atom is 0.125 e. The van der Waals surface area contributed by atoms with Crippen molar-refractivity contribution in [1.82, 2.24) is 60.0 Å². The van der Waals surface area contributed by atoms with Crippen molar-refractivity contribution in [2.75, 3.05) is 0 Å². The topological polar surface area (TPSA) is 155 Å². The quantitative estimate of drug-likeness (QED) is 0.197. The summed E-state index contributed by atoms with van der Waals surface area (Å²) >= 11 is 0. The Morgan fingerprint density at radius 1 is 0.348 bits per heavy atom. The lowest BCUT2D eigenvalue weighted by Gasteiger charge is -1.89. The van der Waals surface area contributed by atoms with Crippen LogP contribution >= 0.6 is 0 Å². The molecule has 6 rings (SSSR count). The summed E-state index contributed by atoms with van der Waals surface area (Å²) in [4.78, 5) is 39.1. The monoisotopic (exact) mass is 620 g/mol. The number of aryl methyl sites for hydroxylation is 10. The van der Waals surface area contributed by atoms with Gasteiger partial charge in [-0.1, -0.05) is 0 Å². The van der Waals surface area contributed by atoms with Gasteiger partial charge >= 0.3 is 0 Å². The first kappa shape index (κ1) is 38.5. The summed E-state index contributed by atoms with van der Waals surface area (Å²) in [5.41, 5.74) is 9.09. The van der Waals surface area contributed by atoms with E-state index in [2.05, 4.69) is 60.0 Å². The van der Waals surface area contributed by atoms with Crippen LogP contribution in [-0.2, 0) is 0 Å². The van der Waals surface area contributed by atoms with E-state index in [4.69, 9.17) is 0 Å². The van der Waals surface area contributed by atoms with Crippen molar-refractivity contribution < 1.29 is 0 Å². The lowest BCUT2D eigenvalue weighted by atomic mass is 10.4. The second-order valence-electron chi connectivity index (χ2n) is 9.99. The van der Waals surface area contributed by atoms with Gasteiger partial charge in [-0.15, -0.1) is 0 Å². The third-order valence-electron chi connectivity index (χ3n) is 5.07. The summed E-state index contributed by atoms with van der Waals surface area (Å²) in [6, 6.07) is 5.84. The summed E-state index contributed by atoms with van der Waals surface area (Å²) in [6.45, 7) is 19.3. The van der Waals surface area contributed by atoms with Gasteiger partial charge in [0.05, 0.1) is 28.5 Å². The van der Waals surface area contributed by atoms with Crippen LogP contribution < -0.4 is 0 Å². The minimum absolute atomic E-state index is 0.829. The smallest absolute Gasteiger partial charge is 0.125 e. The highest BCUT2D eigenvalue weighted by Gasteiger charge is 1.85. The molecule has 0 saturated heterocycles. The highest BCUT2D eigenvalue weighted by molar-refractivity contribution is 5.04. The largest absolute Gasteiger partial charge is 0.261 e. The number of nitrogens with zero attached hydrogens (tertiary/aromatic N) is 12. The number of rotatable bonds is 0. The molecule has 0 unspecified atom stereocenters. The SMILES string of the molecule is Cc1cc(C)ncn1.Cc1ccc(C)nn1.Cc1cnc(C)cn1.Cc1cnc(C)nc1.Cc1cnccn1.Cc1cncnc1. The lowest BCUT2D eigenvalue weighted by molar-refractivity contribution is 0.941. The third-order valence-corrected chi connectivity index (χ3v) is 5.07. The van der Waals surface area contributed by atoms with Crippen LogP contribution in [-0.4, -0.2) is 60.0 Å². The van der Waals surface area contributed by atoms with Gasteiger partial charge in [-0.2, -0.15) is 10.2 Å². The molecule has 46 heavy (non-hydrogen) atoms. The molecule has 6 aromatic heterocycles. The van der Waals surface area contributed by atoms with Gasteiger partial charge < -0.3 is 0 Å². The second-order valence-corrected chi connectivity index (χ2v) is 9.99. The van der Waals surface area contributed by atoms with Crippen LogP contribution in [0.3, 0.4) is 0 Å². The maximum atomic E-state index is 4.02. The minimum Gasteiger partial charge on any atom is -0.261 e. The van der Waals surface area contributed by atoms with Crippen LogP contribution in [0.15, 0.2) is 86.6 Å². The van der Waals surface area contributed by atoms with E-state index in [1.165, 1.54) is 6.33 Å². The van der Waals surface area contributed by atoms with Gasteiger partial charge in [0.25, 0.3) is 0 Å². The Morgan fingerprint density at radius 3 is 1.11 bits per heavy atom. The second kappa shape index (κ2) is 22.9. The van der Waals surface area contributed by atoms with Crippen molar-refractivity contribution >= 4 is 0 Å². The Hall–Kier alpha value is -5.52. The molecule has 0 amide bonds. The molecule has 0 spiro atoms. The molecule has 0 aromatic carbocycles. The van der Waals surface area contributed by atoms with Crippen LogP contribution in [0, 0.1) is 69.2 Å². The van der Waals surface area contributed by atoms with E-state index in [9.17, 15) is 0 Å². The predicted molar refractivity (Wildman–Crippen MR) is 180 cm³/mol. The van der Waals surface area contributed by atoms with Crippen molar-refractivity contribution in [3.8, 4) is 0 Å². The summed E-state index contributed by atoms with van der Waals surface area (Å²) in [6.07, 6.45) is 18.8. The zero-order chi connectivity index (χ0) is 34.2. The highest BCUT2D eigenvalue weighted by Crippen LogP contribution is 1.92. The first-order valence-corrected chi connectivity index (χ1v) is 14.4. The molecule has 0 aliphatic carbocycles. The number of hydrogen-bond acceptors (Lipinski definition) is 12. The van der Waals surface area contributed by atoms with Gasteiger partial charge in [-0.05, 0) is 98.6 Å². The Bertz CT molecular complexity index is 1380. The van der Waals surface area contributed by atoms with E-state index >= 15 is 0 Å². The average Bonchev–Trinajstić information content (AvgIpc) is 3.04. The Kier molecular flexibility index (Phi) is 19.2. The summed E-state index contributed by atoms with van der Waals surface area (Å²) in [7, 11) is 0. The van der Waals surface area contributed by atoms with Gasteiger partial charge in [-0.3, -0.25) is 19.9 Å². The van der Waals surface area contributed by atoms with Gasteiger partial charge in [-0.25, -0.2) is 29.9 Å². The van der Waals surface area contributed by atoms with Crippen LogP contribution in [0.4, 0.5) is 0 Å². The van der Waals surface area contributed by atoms with Crippen molar-refractivity contribution in [3.05, 3.63) is 143 Å². The molecule has 12 heteroatoms. The molecular formula is C34H44N12. The Balaban J connectivity index is 0.000000276. The van der Waals surface area contributed by atoms with E-state index < -0.39 is 0 Å². The van der Waals surface area contributed by atoms with Crippen LogP contribution in [0.5, 0.6) is 0 Å². The van der Waals surface area contributed by atoms with Gasteiger partial charge in [0.1, 0.15) is 18.5 Å². The zero-order valence-electron chi connectivity index (χ0n) is 28.4. The molecule has 0 radical (unpaired) electrons. The average molecular weight is 621 g/mol.